The van der Waals surface area contributed by atoms with Crippen molar-refractivity contribution in [1.82, 2.24) is 10.6 Å². The smallest absolute Gasteiger partial charge is 0.341 e. The first-order valence-corrected chi connectivity index (χ1v) is 11.7. The number of guanidine groups is 1. The first-order valence-electron chi connectivity index (χ1n) is 9.76. The third kappa shape index (κ3) is 6.71. The monoisotopic (exact) mass is 447 g/mol. The van der Waals surface area contributed by atoms with Crippen molar-refractivity contribution in [1.29, 1.82) is 0 Å². The molecule has 0 amide bonds. The third-order valence-electron chi connectivity index (χ3n) is 4.53. The highest BCUT2D eigenvalue weighted by molar-refractivity contribution is 7.90. The van der Waals surface area contributed by atoms with E-state index in [2.05, 4.69) is 15.6 Å². The molecule has 0 aliphatic rings. The Bertz CT molecular complexity index is 1060. The van der Waals surface area contributed by atoms with Gasteiger partial charge in [-0.3, -0.25) is 0 Å². The van der Waals surface area contributed by atoms with Gasteiger partial charge in [-0.2, -0.15) is 0 Å². The lowest BCUT2D eigenvalue weighted by atomic mass is 10.1. The van der Waals surface area contributed by atoms with Gasteiger partial charge in [0.15, 0.2) is 15.8 Å². The van der Waals surface area contributed by atoms with Gasteiger partial charge in [0.2, 0.25) is 0 Å². The number of aryl methyl sites for hydroxylation is 1. The second-order valence-corrected chi connectivity index (χ2v) is 8.93. The molecule has 2 rings (SSSR count). The van der Waals surface area contributed by atoms with E-state index in [0.717, 1.165) is 11.1 Å². The molecule has 8 nitrogen and oxygen atoms in total. The molecule has 31 heavy (non-hydrogen) atoms. The summed E-state index contributed by atoms with van der Waals surface area (Å²) in [6.07, 6.45) is 1.20. The molecule has 0 saturated heterocycles. The zero-order valence-electron chi connectivity index (χ0n) is 18.5. The lowest BCUT2D eigenvalue weighted by Crippen LogP contribution is -2.36. The minimum Gasteiger partial charge on any atom is -0.496 e. The Kier molecular flexibility index (Phi) is 8.44. The zero-order valence-corrected chi connectivity index (χ0v) is 19.3. The van der Waals surface area contributed by atoms with Crippen molar-refractivity contribution in [2.75, 3.05) is 27.0 Å². The number of hydrogen-bond acceptors (Lipinski definition) is 6. The van der Waals surface area contributed by atoms with Gasteiger partial charge < -0.3 is 20.1 Å². The predicted octanol–water partition coefficient (Wildman–Crippen LogP) is 2.45. The predicted molar refractivity (Wildman–Crippen MR) is 120 cm³/mol. The van der Waals surface area contributed by atoms with Crippen LogP contribution in [0.1, 0.15) is 34.0 Å². The van der Waals surface area contributed by atoms with E-state index in [9.17, 15) is 13.2 Å². The molecule has 168 valence electrons. The Morgan fingerprint density at radius 1 is 1.06 bits per heavy atom. The number of sulfone groups is 1. The second kappa shape index (κ2) is 10.8. The molecule has 0 atom stereocenters. The van der Waals surface area contributed by atoms with E-state index in [-0.39, 0.29) is 0 Å². The summed E-state index contributed by atoms with van der Waals surface area (Å²) < 4.78 is 33.6. The number of carbonyl (C=O) groups excluding carboxylic acids is 1. The molecule has 0 aliphatic carbocycles. The van der Waals surface area contributed by atoms with E-state index in [0.29, 0.717) is 47.4 Å². The summed E-state index contributed by atoms with van der Waals surface area (Å²) in [4.78, 5) is 16.7. The molecular weight excluding hydrogens is 418 g/mol. The van der Waals surface area contributed by atoms with E-state index in [1.807, 2.05) is 19.1 Å². The van der Waals surface area contributed by atoms with Crippen LogP contribution in [0.4, 0.5) is 0 Å². The van der Waals surface area contributed by atoms with Gasteiger partial charge >= 0.3 is 5.97 Å². The second-order valence-electron chi connectivity index (χ2n) is 6.95. The number of ether oxygens (including phenoxy) is 2. The Morgan fingerprint density at radius 2 is 1.77 bits per heavy atom. The van der Waals surface area contributed by atoms with E-state index in [4.69, 9.17) is 9.47 Å². The average molecular weight is 448 g/mol. The number of rotatable bonds is 8. The Hall–Kier alpha value is -3.07. The molecule has 0 aromatic heterocycles. The zero-order chi connectivity index (χ0) is 23.0. The SMILES string of the molecule is CCNC(=NCc1ccc(S(C)(=O)=O)c(C)c1)NCc1ccc(C(=O)OC)c(OC)c1. The van der Waals surface area contributed by atoms with Gasteiger partial charge in [0, 0.05) is 19.3 Å². The number of methoxy groups -OCH3 is 2. The van der Waals surface area contributed by atoms with Crippen molar-refractivity contribution in [3.63, 3.8) is 0 Å². The van der Waals surface area contributed by atoms with Gasteiger partial charge in [-0.25, -0.2) is 18.2 Å². The topological polar surface area (TPSA) is 106 Å². The van der Waals surface area contributed by atoms with Gasteiger partial charge in [0.25, 0.3) is 0 Å². The molecule has 0 aliphatic heterocycles. The number of nitrogens with one attached hydrogen (secondary N) is 2. The van der Waals surface area contributed by atoms with E-state index >= 15 is 0 Å². The molecule has 0 fully saturated rings. The highest BCUT2D eigenvalue weighted by atomic mass is 32.2. The normalized spacial score (nSPS) is 11.7. The maximum Gasteiger partial charge on any atom is 0.341 e. The van der Waals surface area contributed by atoms with E-state index in [1.54, 1.807) is 31.2 Å². The minimum atomic E-state index is -3.25. The fourth-order valence-electron chi connectivity index (χ4n) is 3.05. The molecule has 2 aromatic rings. The summed E-state index contributed by atoms with van der Waals surface area (Å²) >= 11 is 0. The number of nitrogens with zero attached hydrogens (tertiary/aromatic N) is 1. The average Bonchev–Trinajstić information content (AvgIpc) is 2.74. The van der Waals surface area contributed by atoms with Crippen molar-refractivity contribution in [3.8, 4) is 5.75 Å². The number of aliphatic imine (C=N–C) groups is 1. The van der Waals surface area contributed by atoms with Crippen LogP contribution < -0.4 is 15.4 Å². The van der Waals surface area contributed by atoms with E-state index < -0.39 is 15.8 Å². The molecular formula is C22H29N3O5S. The largest absolute Gasteiger partial charge is 0.496 e. The fourth-order valence-corrected chi connectivity index (χ4v) is 4.01. The van der Waals surface area contributed by atoms with Crippen LogP contribution in [0.3, 0.4) is 0 Å². The molecule has 2 aromatic carbocycles. The maximum atomic E-state index is 11.8. The summed E-state index contributed by atoms with van der Waals surface area (Å²) in [5, 5.41) is 6.42. The lowest BCUT2D eigenvalue weighted by molar-refractivity contribution is 0.0597. The molecule has 9 heteroatoms. The van der Waals surface area contributed by atoms with E-state index in [1.165, 1.54) is 20.5 Å². The Morgan fingerprint density at radius 3 is 2.35 bits per heavy atom. The van der Waals surface area contributed by atoms with Crippen LogP contribution in [-0.4, -0.2) is 47.4 Å². The van der Waals surface area contributed by atoms with Crippen molar-refractivity contribution >= 4 is 21.8 Å². The summed E-state index contributed by atoms with van der Waals surface area (Å²) in [5.74, 6) is 0.598. The van der Waals surface area contributed by atoms with Gasteiger partial charge in [-0.15, -0.1) is 0 Å². The Balaban J connectivity index is 2.12. The molecule has 0 heterocycles. The van der Waals surface area contributed by atoms with Crippen molar-refractivity contribution in [3.05, 3.63) is 58.7 Å². The number of hydrogen-bond donors (Lipinski definition) is 2. The van der Waals surface area contributed by atoms with Crippen molar-refractivity contribution in [2.24, 2.45) is 4.99 Å². The number of carbonyl (C=O) groups is 1. The van der Waals surface area contributed by atoms with Crippen LogP contribution in [0.5, 0.6) is 5.75 Å². The molecule has 2 N–H and O–H groups in total. The maximum absolute atomic E-state index is 11.8. The van der Waals surface area contributed by atoms with Crippen LogP contribution in [0.15, 0.2) is 46.3 Å². The highest BCUT2D eigenvalue weighted by Gasteiger charge is 2.13. The minimum absolute atomic E-state index is 0.328. The number of benzene rings is 2. The van der Waals surface area contributed by atoms with Crippen LogP contribution >= 0.6 is 0 Å². The molecule has 0 saturated carbocycles. The molecule has 0 bridgehead atoms. The summed E-state index contributed by atoms with van der Waals surface area (Å²) in [5.41, 5.74) is 2.88. The first-order chi connectivity index (χ1) is 14.7. The molecule has 0 radical (unpaired) electrons. The molecule has 0 spiro atoms. The Labute approximate surface area is 183 Å². The van der Waals surface area contributed by atoms with Crippen molar-refractivity contribution in [2.45, 2.75) is 31.8 Å². The summed E-state index contributed by atoms with van der Waals surface area (Å²) in [6, 6.07) is 10.5. The summed E-state index contributed by atoms with van der Waals surface area (Å²) in [6.45, 7) is 5.29. The van der Waals surface area contributed by atoms with Crippen LogP contribution in [0, 0.1) is 6.92 Å². The molecule has 0 unspecified atom stereocenters. The standard InChI is InChI=1S/C22H29N3O5S/c1-6-23-22(24-13-16-8-10-20(15(2)11-16)31(5,27)28)25-14-17-7-9-18(21(26)30-4)19(12-17)29-3/h7-12H,6,13-14H2,1-5H3,(H2,23,24,25). The first kappa shape index (κ1) is 24.2. The van der Waals surface area contributed by atoms with Crippen molar-refractivity contribution < 1.29 is 22.7 Å². The number of esters is 1. The van der Waals surface area contributed by atoms with Gasteiger partial charge in [0.1, 0.15) is 11.3 Å². The lowest BCUT2D eigenvalue weighted by Gasteiger charge is -2.13. The van der Waals surface area contributed by atoms with Gasteiger partial charge in [-0.1, -0.05) is 18.2 Å². The van der Waals surface area contributed by atoms with Crippen LogP contribution in [0.2, 0.25) is 0 Å². The fraction of sp³-hybridized carbons (Fsp3) is 0.364. The van der Waals surface area contributed by atoms with Crippen LogP contribution in [0.25, 0.3) is 0 Å². The third-order valence-corrected chi connectivity index (χ3v) is 5.79. The highest BCUT2D eigenvalue weighted by Crippen LogP contribution is 2.21. The quantitative estimate of drug-likeness (QED) is 0.364. The van der Waals surface area contributed by atoms with Gasteiger partial charge in [0.05, 0.1) is 25.7 Å². The van der Waals surface area contributed by atoms with Crippen LogP contribution in [-0.2, 0) is 27.7 Å². The van der Waals surface area contributed by atoms with Gasteiger partial charge in [-0.05, 0) is 48.7 Å². The summed E-state index contributed by atoms with van der Waals surface area (Å²) in [7, 11) is -0.418.